The smallest absolute Gasteiger partial charge is 0.338 e. The third-order valence-electron chi connectivity index (χ3n) is 5.90. The summed E-state index contributed by atoms with van der Waals surface area (Å²) in [5.74, 6) is 0.587. The number of hydrazone groups is 1. The van der Waals surface area contributed by atoms with E-state index in [4.69, 9.17) is 14.2 Å². The van der Waals surface area contributed by atoms with Crippen molar-refractivity contribution in [2.75, 3.05) is 20.8 Å². The number of ether oxygens (including phenoxy) is 3. The van der Waals surface area contributed by atoms with Crippen LogP contribution >= 0.6 is 11.3 Å². The van der Waals surface area contributed by atoms with E-state index in [1.807, 2.05) is 41.8 Å². The molecule has 2 heterocycles. The van der Waals surface area contributed by atoms with Gasteiger partial charge in [-0.15, -0.1) is 11.3 Å². The summed E-state index contributed by atoms with van der Waals surface area (Å²) in [7, 11) is 3.14. The SMILES string of the molecule is COc1ccc(C2CC(c3cccs3)=NN2C(=O)COC(=O)c2ccc(C(C)C)cc2)cc1OC. The molecule has 1 amide bonds. The van der Waals surface area contributed by atoms with Gasteiger partial charge in [0.25, 0.3) is 5.91 Å². The average molecular weight is 493 g/mol. The van der Waals surface area contributed by atoms with Crippen LogP contribution in [0.4, 0.5) is 0 Å². The zero-order valence-electron chi connectivity index (χ0n) is 20.2. The normalized spacial score (nSPS) is 15.2. The van der Waals surface area contributed by atoms with Crippen LogP contribution in [0.2, 0.25) is 0 Å². The highest BCUT2D eigenvalue weighted by molar-refractivity contribution is 7.12. The highest BCUT2D eigenvalue weighted by atomic mass is 32.1. The van der Waals surface area contributed by atoms with Gasteiger partial charge in [-0.2, -0.15) is 5.10 Å². The van der Waals surface area contributed by atoms with Crippen LogP contribution in [0.3, 0.4) is 0 Å². The van der Waals surface area contributed by atoms with E-state index in [2.05, 4.69) is 18.9 Å². The van der Waals surface area contributed by atoms with Gasteiger partial charge >= 0.3 is 5.97 Å². The number of hydrogen-bond donors (Lipinski definition) is 0. The molecule has 8 heteroatoms. The van der Waals surface area contributed by atoms with E-state index in [0.717, 1.165) is 21.7 Å². The molecule has 0 N–H and O–H groups in total. The molecule has 0 spiro atoms. The Bertz CT molecular complexity index is 1220. The first-order valence-corrected chi connectivity index (χ1v) is 12.2. The summed E-state index contributed by atoms with van der Waals surface area (Å²) >= 11 is 1.56. The molecule has 1 aliphatic rings. The van der Waals surface area contributed by atoms with E-state index in [-0.39, 0.29) is 6.04 Å². The molecule has 0 bridgehead atoms. The molecule has 35 heavy (non-hydrogen) atoms. The fourth-order valence-electron chi connectivity index (χ4n) is 3.93. The molecule has 0 saturated heterocycles. The average Bonchev–Trinajstić information content (AvgIpc) is 3.57. The number of nitrogens with zero attached hydrogens (tertiary/aromatic N) is 2. The van der Waals surface area contributed by atoms with Crippen molar-refractivity contribution < 1.29 is 23.8 Å². The van der Waals surface area contributed by atoms with Crippen molar-refractivity contribution in [3.8, 4) is 11.5 Å². The molecule has 0 radical (unpaired) electrons. The number of esters is 1. The minimum Gasteiger partial charge on any atom is -0.493 e. The maximum Gasteiger partial charge on any atom is 0.338 e. The lowest BCUT2D eigenvalue weighted by molar-refractivity contribution is -0.136. The van der Waals surface area contributed by atoms with Crippen molar-refractivity contribution >= 4 is 28.9 Å². The van der Waals surface area contributed by atoms with E-state index < -0.39 is 18.5 Å². The predicted octanol–water partition coefficient (Wildman–Crippen LogP) is 5.42. The van der Waals surface area contributed by atoms with Gasteiger partial charge in [-0.3, -0.25) is 4.79 Å². The lowest BCUT2D eigenvalue weighted by Crippen LogP contribution is -2.31. The van der Waals surface area contributed by atoms with Gasteiger partial charge < -0.3 is 14.2 Å². The van der Waals surface area contributed by atoms with Gasteiger partial charge in [0.05, 0.1) is 36.4 Å². The number of thiophene rings is 1. The Morgan fingerprint density at radius 3 is 2.43 bits per heavy atom. The second-order valence-corrected chi connectivity index (χ2v) is 9.40. The van der Waals surface area contributed by atoms with Gasteiger partial charge in [-0.25, -0.2) is 9.80 Å². The largest absolute Gasteiger partial charge is 0.493 e. The maximum absolute atomic E-state index is 13.2. The number of rotatable bonds is 8. The molecular formula is C27H28N2O5S. The summed E-state index contributed by atoms with van der Waals surface area (Å²) in [4.78, 5) is 26.7. The fourth-order valence-corrected chi connectivity index (χ4v) is 4.65. The van der Waals surface area contributed by atoms with Crippen LogP contribution < -0.4 is 9.47 Å². The second kappa shape index (κ2) is 10.7. The van der Waals surface area contributed by atoms with Crippen LogP contribution in [0.25, 0.3) is 0 Å². The first-order chi connectivity index (χ1) is 16.9. The van der Waals surface area contributed by atoms with Crippen molar-refractivity contribution in [2.45, 2.75) is 32.2 Å². The zero-order chi connectivity index (χ0) is 24.9. The van der Waals surface area contributed by atoms with Gasteiger partial charge in [0.15, 0.2) is 18.1 Å². The molecule has 182 valence electrons. The highest BCUT2D eigenvalue weighted by Crippen LogP contribution is 2.37. The number of amides is 1. The molecule has 4 rings (SSSR count). The summed E-state index contributed by atoms with van der Waals surface area (Å²) in [6, 6.07) is 16.3. The van der Waals surface area contributed by atoms with Crippen LogP contribution in [0.1, 0.15) is 58.6 Å². The molecule has 7 nitrogen and oxygen atoms in total. The molecule has 1 atom stereocenters. The molecule has 0 saturated carbocycles. The van der Waals surface area contributed by atoms with Gasteiger partial charge in [0.2, 0.25) is 0 Å². The monoisotopic (exact) mass is 492 g/mol. The van der Waals surface area contributed by atoms with Gasteiger partial charge in [0.1, 0.15) is 0 Å². The van der Waals surface area contributed by atoms with Crippen molar-refractivity contribution in [3.63, 3.8) is 0 Å². The van der Waals surface area contributed by atoms with E-state index in [9.17, 15) is 9.59 Å². The molecule has 1 aliphatic heterocycles. The molecule has 0 fully saturated rings. The third kappa shape index (κ3) is 5.38. The van der Waals surface area contributed by atoms with Gasteiger partial charge in [-0.05, 0) is 52.8 Å². The minimum absolute atomic E-state index is 0.358. The summed E-state index contributed by atoms with van der Waals surface area (Å²) in [6.07, 6.45) is 0.534. The van der Waals surface area contributed by atoms with Crippen molar-refractivity contribution in [1.29, 1.82) is 0 Å². The summed E-state index contributed by atoms with van der Waals surface area (Å²) in [5.41, 5.74) is 3.19. The lowest BCUT2D eigenvalue weighted by atomic mass is 10.0. The quantitative estimate of drug-likeness (QED) is 0.392. The molecule has 3 aromatic rings. The number of benzene rings is 2. The van der Waals surface area contributed by atoms with E-state index in [0.29, 0.717) is 29.4 Å². The standard InChI is InChI=1S/C27H28N2O5S/c1-17(2)18-7-9-19(10-8-18)27(31)34-16-26(30)29-22(15-21(28-29)25-6-5-13-35-25)20-11-12-23(32-3)24(14-20)33-4/h5-14,17,22H,15-16H2,1-4H3. The minimum atomic E-state index is -0.544. The number of methoxy groups -OCH3 is 2. The Kier molecular flexibility index (Phi) is 7.51. The van der Waals surface area contributed by atoms with Crippen LogP contribution in [0.5, 0.6) is 11.5 Å². The first-order valence-electron chi connectivity index (χ1n) is 11.3. The van der Waals surface area contributed by atoms with Crippen LogP contribution in [0, 0.1) is 0 Å². The molecule has 0 aliphatic carbocycles. The van der Waals surface area contributed by atoms with Crippen LogP contribution in [-0.2, 0) is 9.53 Å². The fraction of sp³-hybridized carbons (Fsp3) is 0.296. The number of hydrogen-bond acceptors (Lipinski definition) is 7. The maximum atomic E-state index is 13.2. The summed E-state index contributed by atoms with van der Waals surface area (Å²) < 4.78 is 16.1. The van der Waals surface area contributed by atoms with E-state index >= 15 is 0 Å². The zero-order valence-corrected chi connectivity index (χ0v) is 21.0. The third-order valence-corrected chi connectivity index (χ3v) is 6.82. The van der Waals surface area contributed by atoms with E-state index in [1.165, 1.54) is 5.01 Å². The predicted molar refractivity (Wildman–Crippen MR) is 135 cm³/mol. The topological polar surface area (TPSA) is 77.4 Å². The lowest BCUT2D eigenvalue weighted by Gasteiger charge is -2.22. The molecule has 1 aromatic heterocycles. The molecular weight excluding hydrogens is 464 g/mol. The first kappa shape index (κ1) is 24.5. The van der Waals surface area contributed by atoms with Crippen molar-refractivity contribution in [1.82, 2.24) is 5.01 Å². The summed E-state index contributed by atoms with van der Waals surface area (Å²) in [5, 5.41) is 8.00. The van der Waals surface area contributed by atoms with Gasteiger partial charge in [-0.1, -0.05) is 38.1 Å². The molecule has 2 aromatic carbocycles. The van der Waals surface area contributed by atoms with Crippen molar-refractivity contribution in [2.24, 2.45) is 5.10 Å². The Balaban J connectivity index is 1.53. The van der Waals surface area contributed by atoms with Crippen LogP contribution in [0.15, 0.2) is 65.1 Å². The Morgan fingerprint density at radius 1 is 1.06 bits per heavy atom. The van der Waals surface area contributed by atoms with Crippen molar-refractivity contribution in [3.05, 3.63) is 81.5 Å². The summed E-state index contributed by atoms with van der Waals surface area (Å²) in [6.45, 7) is 3.76. The Labute approximate surface area is 208 Å². The number of carbonyl (C=O) groups excluding carboxylic acids is 2. The molecule has 1 unspecified atom stereocenters. The van der Waals surface area contributed by atoms with Crippen LogP contribution in [-0.4, -0.2) is 43.4 Å². The Morgan fingerprint density at radius 2 is 1.80 bits per heavy atom. The number of carbonyl (C=O) groups is 2. The second-order valence-electron chi connectivity index (χ2n) is 8.45. The Hall–Kier alpha value is -3.65. The van der Waals surface area contributed by atoms with Gasteiger partial charge in [0, 0.05) is 6.42 Å². The van der Waals surface area contributed by atoms with E-state index in [1.54, 1.807) is 43.8 Å². The highest BCUT2D eigenvalue weighted by Gasteiger charge is 2.34.